The summed E-state index contributed by atoms with van der Waals surface area (Å²) in [5.74, 6) is 0.707. The number of fused-ring (bicyclic) bond motifs is 2. The van der Waals surface area contributed by atoms with E-state index in [0.717, 1.165) is 0 Å². The number of non-ortho nitro benzene ring substituents is 1. The second kappa shape index (κ2) is 9.13. The average Bonchev–Trinajstić information content (AvgIpc) is 3.11. The summed E-state index contributed by atoms with van der Waals surface area (Å²) in [5.41, 5.74) is 0.468. The molecule has 0 N–H and O–H groups in total. The Balaban J connectivity index is 1.34. The van der Waals surface area contributed by atoms with Gasteiger partial charge in [0, 0.05) is 25.6 Å². The lowest BCUT2D eigenvalue weighted by atomic mass is 10.2. The minimum Gasteiger partial charge on any atom is -0.486 e. The zero-order valence-electron chi connectivity index (χ0n) is 17.6. The highest BCUT2D eigenvalue weighted by Gasteiger charge is 2.24. The number of aromatic nitrogens is 1. The van der Waals surface area contributed by atoms with Crippen molar-refractivity contribution in [2.45, 2.75) is 32.4 Å². The van der Waals surface area contributed by atoms with Gasteiger partial charge in [0.15, 0.2) is 23.2 Å². The van der Waals surface area contributed by atoms with Gasteiger partial charge in [-0.15, -0.1) is 0 Å². The number of rotatable bonds is 8. The number of amides is 1. The van der Waals surface area contributed by atoms with E-state index in [0.29, 0.717) is 43.1 Å². The van der Waals surface area contributed by atoms with E-state index in [2.05, 4.69) is 0 Å². The van der Waals surface area contributed by atoms with E-state index in [4.69, 9.17) is 13.9 Å². The molecule has 0 fully saturated rings. The number of hydrogen-bond donors (Lipinski definition) is 0. The number of benzene rings is 2. The lowest BCUT2D eigenvalue weighted by Gasteiger charge is -2.31. The summed E-state index contributed by atoms with van der Waals surface area (Å²) >= 11 is 0. The van der Waals surface area contributed by atoms with E-state index in [1.807, 2.05) is 31.2 Å². The predicted octanol–water partition coefficient (Wildman–Crippen LogP) is 2.97. The zero-order valence-corrected chi connectivity index (χ0v) is 17.6. The molecule has 0 radical (unpaired) electrons. The first kappa shape index (κ1) is 21.4. The number of hydrogen-bond acceptors (Lipinski definition) is 7. The number of oxazole rings is 1. The van der Waals surface area contributed by atoms with Crippen LogP contribution in [0.1, 0.15) is 19.8 Å². The second-order valence-electron chi connectivity index (χ2n) is 7.46. The van der Waals surface area contributed by atoms with E-state index in [-0.39, 0.29) is 36.2 Å². The minimum atomic E-state index is -0.605. The molecule has 1 aliphatic rings. The van der Waals surface area contributed by atoms with Crippen LogP contribution in [0.3, 0.4) is 0 Å². The second-order valence-corrected chi connectivity index (χ2v) is 7.46. The number of carbonyl (C=O) groups excluding carboxylic acids is 1. The molecular weight excluding hydrogens is 418 g/mol. The fourth-order valence-electron chi connectivity index (χ4n) is 3.73. The van der Waals surface area contributed by atoms with Gasteiger partial charge in [0.1, 0.15) is 6.61 Å². The molecule has 0 aliphatic carbocycles. The van der Waals surface area contributed by atoms with E-state index in [1.165, 1.54) is 22.8 Å². The maximum atomic E-state index is 12.7. The molecule has 10 heteroatoms. The monoisotopic (exact) mass is 441 g/mol. The van der Waals surface area contributed by atoms with Crippen molar-refractivity contribution >= 4 is 22.7 Å². The van der Waals surface area contributed by atoms with Gasteiger partial charge in [-0.2, -0.15) is 0 Å². The first-order chi connectivity index (χ1) is 15.5. The highest BCUT2D eigenvalue weighted by molar-refractivity contribution is 5.77. The van der Waals surface area contributed by atoms with Gasteiger partial charge in [-0.05, 0) is 31.5 Å². The number of ether oxygens (including phenoxy) is 2. The van der Waals surface area contributed by atoms with E-state index >= 15 is 0 Å². The van der Waals surface area contributed by atoms with Gasteiger partial charge >= 0.3 is 5.76 Å². The molecule has 168 valence electrons. The highest BCUT2D eigenvalue weighted by Crippen LogP contribution is 2.31. The normalized spacial score (nSPS) is 15.0. The van der Waals surface area contributed by atoms with Gasteiger partial charge in [0.05, 0.1) is 23.1 Å². The molecular formula is C22H23N3O7. The van der Waals surface area contributed by atoms with E-state index < -0.39 is 10.7 Å². The van der Waals surface area contributed by atoms with Crippen molar-refractivity contribution in [2.24, 2.45) is 0 Å². The van der Waals surface area contributed by atoms with Crippen molar-refractivity contribution in [3.63, 3.8) is 0 Å². The molecule has 0 saturated heterocycles. The van der Waals surface area contributed by atoms with Crippen LogP contribution >= 0.6 is 0 Å². The fraction of sp³-hybridized carbons (Fsp3) is 0.364. The maximum absolute atomic E-state index is 12.7. The summed E-state index contributed by atoms with van der Waals surface area (Å²) in [5, 5.41) is 10.9. The molecule has 32 heavy (non-hydrogen) atoms. The molecule has 1 unspecified atom stereocenters. The van der Waals surface area contributed by atoms with Gasteiger partial charge in [0.25, 0.3) is 5.69 Å². The standard InChI is InChI=1S/C22H23N3O7/c1-2-23(13-16-14-30-18-6-3-4-7-19(18)31-16)21(26)8-5-11-24-17-10-9-15(25(28)29)12-20(17)32-22(24)27/h3-4,6-7,9-10,12,16H,2,5,8,11,13-14H2,1H3. The Bertz CT molecular complexity index is 1200. The molecule has 1 amide bonds. The SMILES string of the molecule is CCN(CC1COc2ccccc2O1)C(=O)CCCn1c(=O)oc2cc([N+](=O)[O-])ccc21. The van der Waals surface area contributed by atoms with Crippen molar-refractivity contribution in [2.75, 3.05) is 19.7 Å². The summed E-state index contributed by atoms with van der Waals surface area (Å²) in [7, 11) is 0. The molecule has 1 aliphatic heterocycles. The summed E-state index contributed by atoms with van der Waals surface area (Å²) < 4.78 is 18.2. The lowest BCUT2D eigenvalue weighted by Crippen LogP contribution is -2.43. The van der Waals surface area contributed by atoms with Crippen molar-refractivity contribution < 1.29 is 23.6 Å². The van der Waals surface area contributed by atoms with Crippen molar-refractivity contribution in [1.29, 1.82) is 0 Å². The number of para-hydroxylation sites is 2. The predicted molar refractivity (Wildman–Crippen MR) is 115 cm³/mol. The fourth-order valence-corrected chi connectivity index (χ4v) is 3.73. The quantitative estimate of drug-likeness (QED) is 0.390. The van der Waals surface area contributed by atoms with Crippen LogP contribution in [0.4, 0.5) is 5.69 Å². The van der Waals surface area contributed by atoms with Crippen LogP contribution in [-0.4, -0.2) is 46.1 Å². The smallest absolute Gasteiger partial charge is 0.419 e. The summed E-state index contributed by atoms with van der Waals surface area (Å²) in [6.45, 7) is 3.46. The number of nitro benzene ring substituents is 1. The molecule has 1 atom stereocenters. The molecule has 10 nitrogen and oxygen atoms in total. The Morgan fingerprint density at radius 2 is 2.03 bits per heavy atom. The Morgan fingerprint density at radius 3 is 2.78 bits per heavy atom. The van der Waals surface area contributed by atoms with Crippen LogP contribution in [0.15, 0.2) is 51.7 Å². The largest absolute Gasteiger partial charge is 0.486 e. The molecule has 3 aromatic rings. The topological polar surface area (TPSA) is 117 Å². The maximum Gasteiger partial charge on any atom is 0.419 e. The van der Waals surface area contributed by atoms with Crippen LogP contribution in [0, 0.1) is 10.1 Å². The van der Waals surface area contributed by atoms with Crippen molar-refractivity contribution in [3.05, 3.63) is 63.1 Å². The number of carbonyl (C=O) groups is 1. The number of aryl methyl sites for hydroxylation is 1. The van der Waals surface area contributed by atoms with Crippen LogP contribution in [-0.2, 0) is 11.3 Å². The third-order valence-corrected chi connectivity index (χ3v) is 5.36. The third kappa shape index (κ3) is 4.43. The van der Waals surface area contributed by atoms with Crippen molar-refractivity contribution in [1.82, 2.24) is 9.47 Å². The lowest BCUT2D eigenvalue weighted by molar-refractivity contribution is -0.384. The average molecular weight is 441 g/mol. The van der Waals surface area contributed by atoms with Crippen LogP contribution in [0.2, 0.25) is 0 Å². The van der Waals surface area contributed by atoms with Crippen molar-refractivity contribution in [3.8, 4) is 11.5 Å². The first-order valence-electron chi connectivity index (χ1n) is 10.4. The summed E-state index contributed by atoms with van der Waals surface area (Å²) in [6, 6.07) is 11.4. The van der Waals surface area contributed by atoms with Gasteiger partial charge in [-0.3, -0.25) is 19.5 Å². The van der Waals surface area contributed by atoms with Gasteiger partial charge in [-0.1, -0.05) is 12.1 Å². The molecule has 2 aromatic carbocycles. The van der Waals surface area contributed by atoms with Gasteiger partial charge in [0.2, 0.25) is 5.91 Å². The Morgan fingerprint density at radius 1 is 1.25 bits per heavy atom. The van der Waals surface area contributed by atoms with Crippen LogP contribution < -0.4 is 15.2 Å². The molecule has 0 spiro atoms. The summed E-state index contributed by atoms with van der Waals surface area (Å²) in [6.07, 6.45) is 0.403. The first-order valence-corrected chi connectivity index (χ1v) is 10.4. The van der Waals surface area contributed by atoms with E-state index in [9.17, 15) is 19.7 Å². The number of likely N-dealkylation sites (N-methyl/N-ethyl adjacent to an activating group) is 1. The van der Waals surface area contributed by atoms with Gasteiger partial charge in [-0.25, -0.2) is 4.79 Å². The molecule has 0 bridgehead atoms. The number of nitrogens with zero attached hydrogens (tertiary/aromatic N) is 3. The van der Waals surface area contributed by atoms with Crippen LogP contribution in [0.25, 0.3) is 11.1 Å². The van der Waals surface area contributed by atoms with Crippen LogP contribution in [0.5, 0.6) is 11.5 Å². The zero-order chi connectivity index (χ0) is 22.7. The Hall–Kier alpha value is -3.82. The third-order valence-electron chi connectivity index (χ3n) is 5.36. The molecule has 2 heterocycles. The molecule has 4 rings (SSSR count). The van der Waals surface area contributed by atoms with E-state index in [1.54, 1.807) is 4.90 Å². The van der Waals surface area contributed by atoms with Gasteiger partial charge < -0.3 is 18.8 Å². The Labute approximate surface area is 183 Å². The summed E-state index contributed by atoms with van der Waals surface area (Å²) in [4.78, 5) is 36.9. The highest BCUT2D eigenvalue weighted by atomic mass is 16.6. The molecule has 1 aromatic heterocycles. The minimum absolute atomic E-state index is 0.0496. The number of nitro groups is 1. The molecule has 0 saturated carbocycles. The Kier molecular flexibility index (Phi) is 6.11.